The van der Waals surface area contributed by atoms with E-state index in [-0.39, 0.29) is 0 Å². The number of ether oxygens (including phenoxy) is 1. The van der Waals surface area contributed by atoms with Gasteiger partial charge in [0.1, 0.15) is 5.82 Å². The molecule has 0 aliphatic carbocycles. The zero-order valence-corrected chi connectivity index (χ0v) is 10.4. The van der Waals surface area contributed by atoms with Gasteiger partial charge in [-0.25, -0.2) is 4.98 Å². The van der Waals surface area contributed by atoms with Gasteiger partial charge in [-0.2, -0.15) is 0 Å². The zero-order chi connectivity index (χ0) is 11.6. The highest BCUT2D eigenvalue weighted by atomic mass is 16.5. The van der Waals surface area contributed by atoms with E-state index >= 15 is 0 Å². The van der Waals surface area contributed by atoms with Crippen molar-refractivity contribution in [2.24, 2.45) is 0 Å². The molecule has 1 aromatic heterocycles. The van der Waals surface area contributed by atoms with Crippen molar-refractivity contribution >= 4 is 0 Å². The quantitative estimate of drug-likeness (QED) is 0.647. The predicted octanol–water partition coefficient (Wildman–Crippen LogP) is 1.46. The van der Waals surface area contributed by atoms with Crippen LogP contribution < -0.4 is 5.32 Å². The second kappa shape index (κ2) is 8.30. The molecule has 1 heterocycles. The first-order valence-electron chi connectivity index (χ1n) is 6.08. The number of aromatic nitrogens is 2. The Morgan fingerprint density at radius 2 is 2.31 bits per heavy atom. The fourth-order valence-electron chi connectivity index (χ4n) is 1.66. The first-order chi connectivity index (χ1) is 7.88. The molecular formula is C12H23N3O. The maximum Gasteiger partial charge on any atom is 0.108 e. The van der Waals surface area contributed by atoms with Crippen LogP contribution in [0.1, 0.15) is 25.6 Å². The number of aryl methyl sites for hydroxylation is 1. The molecule has 0 atom stereocenters. The van der Waals surface area contributed by atoms with Gasteiger partial charge in [-0.3, -0.25) is 0 Å². The van der Waals surface area contributed by atoms with E-state index in [1.807, 2.05) is 6.20 Å². The molecule has 0 spiro atoms. The molecule has 0 aliphatic heterocycles. The van der Waals surface area contributed by atoms with Crippen LogP contribution in [0.4, 0.5) is 0 Å². The Kier molecular flexibility index (Phi) is 6.85. The molecule has 0 unspecified atom stereocenters. The molecule has 0 radical (unpaired) electrons. The number of hydrogen-bond donors (Lipinski definition) is 1. The van der Waals surface area contributed by atoms with Crippen LogP contribution in [0.3, 0.4) is 0 Å². The normalized spacial score (nSPS) is 10.9. The lowest BCUT2D eigenvalue weighted by molar-refractivity contribution is 0.194. The summed E-state index contributed by atoms with van der Waals surface area (Å²) in [6.45, 7) is 6.03. The summed E-state index contributed by atoms with van der Waals surface area (Å²) in [4.78, 5) is 4.35. The number of imidazole rings is 1. The predicted molar refractivity (Wildman–Crippen MR) is 65.6 cm³/mol. The highest BCUT2D eigenvalue weighted by Crippen LogP contribution is 2.00. The number of nitrogens with zero attached hydrogens (tertiary/aromatic N) is 2. The van der Waals surface area contributed by atoms with Gasteiger partial charge in [-0.05, 0) is 19.4 Å². The third kappa shape index (κ3) is 4.77. The summed E-state index contributed by atoms with van der Waals surface area (Å²) in [5, 5.41) is 3.40. The second-order valence-electron chi connectivity index (χ2n) is 3.88. The van der Waals surface area contributed by atoms with Crippen molar-refractivity contribution in [2.45, 2.75) is 32.7 Å². The molecule has 1 rings (SSSR count). The van der Waals surface area contributed by atoms with E-state index in [0.717, 1.165) is 45.5 Å². The van der Waals surface area contributed by atoms with Gasteiger partial charge < -0.3 is 14.6 Å². The Balaban J connectivity index is 2.13. The van der Waals surface area contributed by atoms with Crippen molar-refractivity contribution in [3.63, 3.8) is 0 Å². The standard InChI is InChI=1S/C12H23N3O/c1-3-5-12-14-8-10-15(12)9-7-13-6-4-11-16-2/h8,10,13H,3-7,9,11H2,1-2H3. The topological polar surface area (TPSA) is 39.1 Å². The molecule has 1 aromatic rings. The van der Waals surface area contributed by atoms with Crippen LogP contribution in [-0.2, 0) is 17.7 Å². The molecule has 92 valence electrons. The summed E-state index contributed by atoms with van der Waals surface area (Å²) < 4.78 is 7.22. The zero-order valence-electron chi connectivity index (χ0n) is 10.4. The van der Waals surface area contributed by atoms with Gasteiger partial charge in [-0.1, -0.05) is 6.92 Å². The molecule has 4 nitrogen and oxygen atoms in total. The summed E-state index contributed by atoms with van der Waals surface area (Å²) in [6, 6.07) is 0. The van der Waals surface area contributed by atoms with E-state index < -0.39 is 0 Å². The van der Waals surface area contributed by atoms with E-state index in [1.165, 1.54) is 5.82 Å². The summed E-state index contributed by atoms with van der Waals surface area (Å²) in [7, 11) is 1.74. The lowest BCUT2D eigenvalue weighted by Crippen LogP contribution is -2.22. The van der Waals surface area contributed by atoms with Gasteiger partial charge >= 0.3 is 0 Å². The maximum absolute atomic E-state index is 4.99. The van der Waals surface area contributed by atoms with Crippen molar-refractivity contribution in [3.05, 3.63) is 18.2 Å². The summed E-state index contributed by atoms with van der Waals surface area (Å²) in [5.41, 5.74) is 0. The van der Waals surface area contributed by atoms with Crippen LogP contribution in [-0.4, -0.2) is 36.4 Å². The molecule has 0 aromatic carbocycles. The fourth-order valence-corrected chi connectivity index (χ4v) is 1.66. The SMILES string of the molecule is CCCc1nccn1CCNCCCOC. The van der Waals surface area contributed by atoms with E-state index in [0.29, 0.717) is 0 Å². The van der Waals surface area contributed by atoms with Crippen LogP contribution in [0.2, 0.25) is 0 Å². The fraction of sp³-hybridized carbons (Fsp3) is 0.750. The highest BCUT2D eigenvalue weighted by molar-refractivity contribution is 4.92. The smallest absolute Gasteiger partial charge is 0.108 e. The van der Waals surface area contributed by atoms with Gasteiger partial charge in [0.2, 0.25) is 0 Å². The number of rotatable bonds is 9. The third-order valence-corrected chi connectivity index (χ3v) is 2.51. The largest absolute Gasteiger partial charge is 0.385 e. The molecule has 4 heteroatoms. The van der Waals surface area contributed by atoms with Gasteiger partial charge in [0, 0.05) is 45.6 Å². The van der Waals surface area contributed by atoms with Gasteiger partial charge in [-0.15, -0.1) is 0 Å². The van der Waals surface area contributed by atoms with E-state index in [2.05, 4.69) is 28.0 Å². The van der Waals surface area contributed by atoms with Crippen LogP contribution in [0.25, 0.3) is 0 Å². The van der Waals surface area contributed by atoms with Crippen molar-refractivity contribution in [1.29, 1.82) is 0 Å². The first-order valence-corrected chi connectivity index (χ1v) is 6.08. The molecular weight excluding hydrogens is 202 g/mol. The Morgan fingerprint density at radius 3 is 3.06 bits per heavy atom. The van der Waals surface area contributed by atoms with Crippen molar-refractivity contribution < 1.29 is 4.74 Å². The van der Waals surface area contributed by atoms with E-state index in [4.69, 9.17) is 4.74 Å². The maximum atomic E-state index is 4.99. The minimum absolute atomic E-state index is 0.833. The Hall–Kier alpha value is -0.870. The molecule has 0 saturated heterocycles. The lowest BCUT2D eigenvalue weighted by Gasteiger charge is -2.08. The molecule has 16 heavy (non-hydrogen) atoms. The monoisotopic (exact) mass is 225 g/mol. The van der Waals surface area contributed by atoms with Crippen LogP contribution >= 0.6 is 0 Å². The molecule has 0 bridgehead atoms. The van der Waals surface area contributed by atoms with Crippen molar-refractivity contribution in [1.82, 2.24) is 14.9 Å². The Labute approximate surface area is 98.0 Å². The van der Waals surface area contributed by atoms with Crippen molar-refractivity contribution in [3.8, 4) is 0 Å². The Bertz CT molecular complexity index is 273. The minimum Gasteiger partial charge on any atom is -0.385 e. The molecule has 0 aliphatic rings. The summed E-state index contributed by atoms with van der Waals surface area (Å²) in [5.74, 6) is 1.20. The average Bonchev–Trinajstić information content (AvgIpc) is 2.72. The van der Waals surface area contributed by atoms with E-state index in [9.17, 15) is 0 Å². The first kappa shape index (κ1) is 13.2. The average molecular weight is 225 g/mol. The molecule has 1 N–H and O–H groups in total. The Morgan fingerprint density at radius 1 is 1.44 bits per heavy atom. The second-order valence-corrected chi connectivity index (χ2v) is 3.88. The highest BCUT2D eigenvalue weighted by Gasteiger charge is 2.00. The number of nitrogens with one attached hydrogen (secondary N) is 1. The molecule has 0 saturated carbocycles. The van der Waals surface area contributed by atoms with Crippen molar-refractivity contribution in [2.75, 3.05) is 26.8 Å². The number of methoxy groups -OCH3 is 1. The summed E-state index contributed by atoms with van der Waals surface area (Å²) >= 11 is 0. The van der Waals surface area contributed by atoms with Crippen LogP contribution in [0.15, 0.2) is 12.4 Å². The van der Waals surface area contributed by atoms with Gasteiger partial charge in [0.15, 0.2) is 0 Å². The van der Waals surface area contributed by atoms with Crippen LogP contribution in [0, 0.1) is 0 Å². The third-order valence-electron chi connectivity index (χ3n) is 2.51. The lowest BCUT2D eigenvalue weighted by atomic mass is 10.3. The van der Waals surface area contributed by atoms with Gasteiger partial charge in [0.05, 0.1) is 0 Å². The number of hydrogen-bond acceptors (Lipinski definition) is 3. The molecule has 0 fully saturated rings. The van der Waals surface area contributed by atoms with Gasteiger partial charge in [0.25, 0.3) is 0 Å². The van der Waals surface area contributed by atoms with Crippen LogP contribution in [0.5, 0.6) is 0 Å². The summed E-state index contributed by atoms with van der Waals surface area (Å²) in [6.07, 6.45) is 7.23. The van der Waals surface area contributed by atoms with E-state index in [1.54, 1.807) is 7.11 Å². The molecule has 0 amide bonds. The minimum atomic E-state index is 0.833.